The number of nitrogens with zero attached hydrogens (tertiary/aromatic N) is 4. The van der Waals surface area contributed by atoms with Crippen molar-refractivity contribution >= 4 is 11.4 Å². The van der Waals surface area contributed by atoms with Gasteiger partial charge in [-0.1, -0.05) is 24.3 Å². The second-order valence-corrected chi connectivity index (χ2v) is 7.99. The number of benzene rings is 1. The topological polar surface area (TPSA) is 73.4 Å². The van der Waals surface area contributed by atoms with Crippen LogP contribution in [0.1, 0.15) is 21.7 Å². The molecule has 0 aliphatic heterocycles. The zero-order valence-electron chi connectivity index (χ0n) is 19.1. The van der Waals surface area contributed by atoms with Crippen LogP contribution in [0.5, 0.6) is 5.75 Å². The van der Waals surface area contributed by atoms with Crippen molar-refractivity contribution in [3.63, 3.8) is 0 Å². The highest BCUT2D eigenvalue weighted by Gasteiger charge is 2.18. The average Bonchev–Trinajstić information content (AvgIpc) is 3.45. The van der Waals surface area contributed by atoms with E-state index in [1.165, 1.54) is 0 Å². The number of rotatable bonds is 7. The van der Waals surface area contributed by atoms with Gasteiger partial charge < -0.3 is 14.5 Å². The van der Waals surface area contributed by atoms with E-state index >= 15 is 0 Å². The summed E-state index contributed by atoms with van der Waals surface area (Å²) in [5, 5.41) is 3.06. The molecule has 0 bridgehead atoms. The average molecular weight is 452 g/mol. The van der Waals surface area contributed by atoms with Gasteiger partial charge in [0, 0.05) is 25.1 Å². The molecular formula is C27H25N5O2. The summed E-state index contributed by atoms with van der Waals surface area (Å²) in [6.07, 6.45) is 6.38. The van der Waals surface area contributed by atoms with Gasteiger partial charge in [-0.25, -0.2) is 9.97 Å². The van der Waals surface area contributed by atoms with Gasteiger partial charge in [-0.2, -0.15) is 0 Å². The molecule has 0 radical (unpaired) electrons. The van der Waals surface area contributed by atoms with Crippen molar-refractivity contribution in [1.29, 1.82) is 0 Å². The maximum absolute atomic E-state index is 13.1. The molecule has 5 aromatic rings. The molecule has 0 aliphatic rings. The molecule has 7 heteroatoms. The molecule has 0 spiro atoms. The van der Waals surface area contributed by atoms with Crippen molar-refractivity contribution in [3.05, 3.63) is 102 Å². The first-order valence-electron chi connectivity index (χ1n) is 11.1. The van der Waals surface area contributed by atoms with E-state index in [-0.39, 0.29) is 5.91 Å². The van der Waals surface area contributed by atoms with Gasteiger partial charge in [0.1, 0.15) is 23.1 Å². The molecule has 0 aliphatic carbocycles. The summed E-state index contributed by atoms with van der Waals surface area (Å²) in [5.74, 6) is 2.32. The third kappa shape index (κ3) is 4.15. The molecule has 0 unspecified atom stereocenters. The summed E-state index contributed by atoms with van der Waals surface area (Å²) < 4.78 is 9.23. The Kier molecular flexibility index (Phi) is 5.82. The molecule has 1 aromatic carbocycles. The van der Waals surface area contributed by atoms with Gasteiger partial charge >= 0.3 is 0 Å². The minimum atomic E-state index is -0.112. The summed E-state index contributed by atoms with van der Waals surface area (Å²) in [7, 11) is 1.65. The number of hydrogen-bond donors (Lipinski definition) is 1. The highest BCUT2D eigenvalue weighted by atomic mass is 16.5. The highest BCUT2D eigenvalue weighted by Crippen LogP contribution is 2.27. The molecule has 34 heavy (non-hydrogen) atoms. The number of carbonyl (C=O) groups is 1. The Morgan fingerprint density at radius 3 is 2.76 bits per heavy atom. The molecule has 0 saturated carbocycles. The predicted octanol–water partition coefficient (Wildman–Crippen LogP) is 4.48. The fourth-order valence-electron chi connectivity index (χ4n) is 4.10. The monoisotopic (exact) mass is 451 g/mol. The Morgan fingerprint density at radius 1 is 1.06 bits per heavy atom. The lowest BCUT2D eigenvalue weighted by Gasteiger charge is -2.06. The maximum Gasteiger partial charge on any atom is 0.253 e. The summed E-state index contributed by atoms with van der Waals surface area (Å²) in [6, 6.07) is 21.4. The number of carbonyl (C=O) groups excluding carboxylic acids is 1. The zero-order chi connectivity index (χ0) is 23.5. The number of aryl methyl sites for hydroxylation is 1. The van der Waals surface area contributed by atoms with Crippen molar-refractivity contribution in [2.75, 3.05) is 13.7 Å². The third-order valence-corrected chi connectivity index (χ3v) is 5.80. The summed E-state index contributed by atoms with van der Waals surface area (Å²) in [6.45, 7) is 2.47. The number of pyridine rings is 2. The Hall–Kier alpha value is -4.39. The quantitative estimate of drug-likeness (QED) is 0.396. The minimum absolute atomic E-state index is 0.112. The maximum atomic E-state index is 13.1. The predicted molar refractivity (Wildman–Crippen MR) is 132 cm³/mol. The molecule has 4 aromatic heterocycles. The minimum Gasteiger partial charge on any atom is -0.497 e. The van der Waals surface area contributed by atoms with Crippen LogP contribution in [-0.4, -0.2) is 38.5 Å². The zero-order valence-corrected chi connectivity index (χ0v) is 19.1. The fourth-order valence-corrected chi connectivity index (χ4v) is 4.10. The second kappa shape index (κ2) is 9.23. The Balaban J connectivity index is 1.41. The number of hydrogen-bond acceptors (Lipinski definition) is 4. The number of nitrogens with one attached hydrogen (secondary N) is 1. The molecule has 7 nitrogen and oxygen atoms in total. The SMILES string of the molecule is COc1cccc(CCNC(=O)c2cc(-c3cn(-c4ccccn4)c(C)n3)n3ccccc23)c1. The molecule has 1 N–H and O–H groups in total. The number of methoxy groups -OCH3 is 1. The lowest BCUT2D eigenvalue weighted by Crippen LogP contribution is -2.25. The lowest BCUT2D eigenvalue weighted by atomic mass is 10.1. The van der Waals surface area contributed by atoms with E-state index in [1.54, 1.807) is 13.3 Å². The van der Waals surface area contributed by atoms with Crippen LogP contribution in [0.2, 0.25) is 0 Å². The fraction of sp³-hybridized carbons (Fsp3) is 0.148. The van der Waals surface area contributed by atoms with Crippen molar-refractivity contribution in [1.82, 2.24) is 24.3 Å². The molecule has 0 atom stereocenters. The van der Waals surface area contributed by atoms with E-state index in [1.807, 2.05) is 95.0 Å². The molecule has 0 fully saturated rings. The van der Waals surface area contributed by atoms with E-state index in [2.05, 4.69) is 10.3 Å². The van der Waals surface area contributed by atoms with Gasteiger partial charge in [-0.05, 0) is 61.4 Å². The van der Waals surface area contributed by atoms with E-state index in [9.17, 15) is 4.79 Å². The third-order valence-electron chi connectivity index (χ3n) is 5.80. The smallest absolute Gasteiger partial charge is 0.253 e. The van der Waals surface area contributed by atoms with Gasteiger partial charge in [-0.15, -0.1) is 0 Å². The van der Waals surface area contributed by atoms with Crippen LogP contribution in [-0.2, 0) is 6.42 Å². The number of amides is 1. The van der Waals surface area contributed by atoms with Gasteiger partial charge in [0.25, 0.3) is 5.91 Å². The highest BCUT2D eigenvalue weighted by molar-refractivity contribution is 6.02. The Labute approximate surface area is 197 Å². The van der Waals surface area contributed by atoms with Crippen LogP contribution >= 0.6 is 0 Å². The lowest BCUT2D eigenvalue weighted by molar-refractivity contribution is 0.0956. The molecule has 0 saturated heterocycles. The van der Waals surface area contributed by atoms with Gasteiger partial charge in [0.05, 0.1) is 23.9 Å². The number of imidazole rings is 1. The molecule has 4 heterocycles. The summed E-state index contributed by atoms with van der Waals surface area (Å²) >= 11 is 0. The normalized spacial score (nSPS) is 11.0. The van der Waals surface area contributed by atoms with Crippen LogP contribution in [0.25, 0.3) is 22.7 Å². The molecule has 1 amide bonds. The number of fused-ring (bicyclic) bond motifs is 1. The first-order valence-corrected chi connectivity index (χ1v) is 11.1. The van der Waals surface area contributed by atoms with Crippen molar-refractivity contribution in [2.24, 2.45) is 0 Å². The second-order valence-electron chi connectivity index (χ2n) is 7.99. The Bertz CT molecular complexity index is 1450. The van der Waals surface area contributed by atoms with E-state index in [0.29, 0.717) is 12.1 Å². The van der Waals surface area contributed by atoms with Crippen LogP contribution < -0.4 is 10.1 Å². The van der Waals surface area contributed by atoms with Gasteiger partial charge in [-0.3, -0.25) is 9.36 Å². The standard InChI is InChI=1S/C27H25N5O2/c1-19-30-23(18-32(19)26-11-3-5-13-28-26)25-17-22(24-10-4-6-15-31(24)25)27(33)29-14-12-20-8-7-9-21(16-20)34-2/h3-11,13,15-18H,12,14H2,1-2H3,(H,29,33). The van der Waals surface area contributed by atoms with Crippen molar-refractivity contribution in [2.45, 2.75) is 13.3 Å². The first-order chi connectivity index (χ1) is 16.6. The largest absolute Gasteiger partial charge is 0.497 e. The van der Waals surface area contributed by atoms with E-state index in [0.717, 1.165) is 46.3 Å². The number of aromatic nitrogens is 4. The molecular weight excluding hydrogens is 426 g/mol. The van der Waals surface area contributed by atoms with Gasteiger partial charge in [0.2, 0.25) is 0 Å². The van der Waals surface area contributed by atoms with Crippen molar-refractivity contribution < 1.29 is 9.53 Å². The van der Waals surface area contributed by atoms with E-state index in [4.69, 9.17) is 9.72 Å². The van der Waals surface area contributed by atoms with Crippen LogP contribution in [0.4, 0.5) is 0 Å². The van der Waals surface area contributed by atoms with Crippen LogP contribution in [0.15, 0.2) is 85.3 Å². The van der Waals surface area contributed by atoms with Crippen LogP contribution in [0, 0.1) is 6.92 Å². The van der Waals surface area contributed by atoms with Crippen LogP contribution in [0.3, 0.4) is 0 Å². The Morgan fingerprint density at radius 2 is 1.94 bits per heavy atom. The van der Waals surface area contributed by atoms with E-state index < -0.39 is 0 Å². The summed E-state index contributed by atoms with van der Waals surface area (Å²) in [4.78, 5) is 22.3. The summed E-state index contributed by atoms with van der Waals surface area (Å²) in [5.41, 5.74) is 4.19. The van der Waals surface area contributed by atoms with Gasteiger partial charge in [0.15, 0.2) is 0 Å². The first kappa shape index (κ1) is 21.5. The molecule has 170 valence electrons. The molecule has 5 rings (SSSR count). The number of ether oxygens (including phenoxy) is 1. The van der Waals surface area contributed by atoms with Crippen molar-refractivity contribution in [3.8, 4) is 23.0 Å².